The first kappa shape index (κ1) is 19.7. The van der Waals surface area contributed by atoms with Gasteiger partial charge >= 0.3 is 12.5 Å². The van der Waals surface area contributed by atoms with Gasteiger partial charge in [0.1, 0.15) is 6.61 Å². The van der Waals surface area contributed by atoms with Crippen LogP contribution in [0.4, 0.5) is 18.0 Å². The number of benzene rings is 2. The number of ether oxygens (including phenoxy) is 2. The lowest BCUT2D eigenvalue weighted by Crippen LogP contribution is -2.41. The molecule has 5 nitrogen and oxygen atoms in total. The average Bonchev–Trinajstić information content (AvgIpc) is 3.23. The number of hydrogen-bond acceptors (Lipinski definition) is 4. The van der Waals surface area contributed by atoms with Gasteiger partial charge in [-0.05, 0) is 28.7 Å². The molecule has 2 aromatic carbocycles. The van der Waals surface area contributed by atoms with E-state index in [0.717, 1.165) is 22.3 Å². The number of halogens is 3. The Hall–Kier alpha value is -2.58. The summed E-state index contributed by atoms with van der Waals surface area (Å²) in [6.45, 7) is -0.0502. The Morgan fingerprint density at radius 3 is 2.21 bits per heavy atom. The Labute approximate surface area is 166 Å². The number of fused-ring (bicyclic) bond motifs is 3. The summed E-state index contributed by atoms with van der Waals surface area (Å²) in [4.78, 5) is 13.9. The summed E-state index contributed by atoms with van der Waals surface area (Å²) >= 11 is 0. The summed E-state index contributed by atoms with van der Waals surface area (Å²) in [7, 11) is 0. The lowest BCUT2D eigenvalue weighted by atomic mass is 9.98. The Balaban J connectivity index is 1.46. The molecule has 0 unspecified atom stereocenters. The van der Waals surface area contributed by atoms with Crippen LogP contribution >= 0.6 is 0 Å². The summed E-state index contributed by atoms with van der Waals surface area (Å²) in [5.41, 5.74) is 9.98. The molecule has 0 aromatic heterocycles. The largest absolute Gasteiger partial charge is 0.522 e. The van der Waals surface area contributed by atoms with E-state index in [1.54, 1.807) is 0 Å². The Bertz CT molecular complexity index is 857. The van der Waals surface area contributed by atoms with Gasteiger partial charge < -0.3 is 15.4 Å². The predicted molar refractivity (Wildman–Crippen MR) is 100 cm³/mol. The van der Waals surface area contributed by atoms with Gasteiger partial charge in [0.2, 0.25) is 0 Å². The van der Waals surface area contributed by atoms with E-state index in [9.17, 15) is 18.0 Å². The van der Waals surface area contributed by atoms with Crippen LogP contribution in [-0.4, -0.2) is 49.2 Å². The van der Waals surface area contributed by atoms with Crippen molar-refractivity contribution in [3.63, 3.8) is 0 Å². The summed E-state index contributed by atoms with van der Waals surface area (Å²) in [6, 6.07) is 15.3. The molecule has 1 amide bonds. The summed E-state index contributed by atoms with van der Waals surface area (Å²) in [6.07, 6.45) is -6.53. The summed E-state index contributed by atoms with van der Waals surface area (Å²) in [5, 5.41) is 0. The highest BCUT2D eigenvalue weighted by Gasteiger charge is 2.42. The number of rotatable bonds is 4. The first-order valence-electron chi connectivity index (χ1n) is 9.43. The molecule has 2 aromatic rings. The van der Waals surface area contributed by atoms with E-state index in [-0.39, 0.29) is 32.0 Å². The van der Waals surface area contributed by atoms with E-state index in [1.807, 2.05) is 48.5 Å². The van der Waals surface area contributed by atoms with Gasteiger partial charge in [-0.3, -0.25) is 4.74 Å². The molecule has 1 aliphatic heterocycles. The number of alkyl halides is 3. The second-order valence-corrected chi connectivity index (χ2v) is 7.27. The second-order valence-electron chi connectivity index (χ2n) is 7.27. The molecule has 154 valence electrons. The smallest absolute Gasteiger partial charge is 0.448 e. The molecule has 1 saturated heterocycles. The molecule has 2 N–H and O–H groups in total. The first-order valence-corrected chi connectivity index (χ1v) is 9.43. The van der Waals surface area contributed by atoms with Crippen molar-refractivity contribution in [3.8, 4) is 11.1 Å². The Morgan fingerprint density at radius 2 is 1.66 bits per heavy atom. The van der Waals surface area contributed by atoms with E-state index in [1.165, 1.54) is 4.90 Å². The average molecular weight is 406 g/mol. The van der Waals surface area contributed by atoms with Crippen molar-refractivity contribution in [2.45, 2.75) is 30.8 Å². The minimum atomic E-state index is -4.75. The van der Waals surface area contributed by atoms with Crippen molar-refractivity contribution in [1.82, 2.24) is 4.90 Å². The van der Waals surface area contributed by atoms with Crippen LogP contribution in [0.15, 0.2) is 48.5 Å². The van der Waals surface area contributed by atoms with Gasteiger partial charge in [0, 0.05) is 18.5 Å². The number of carbonyl (C=O) groups excluding carboxylic acids is 1. The second kappa shape index (κ2) is 7.68. The van der Waals surface area contributed by atoms with E-state index < -0.39 is 24.6 Å². The number of carbonyl (C=O) groups is 1. The van der Waals surface area contributed by atoms with Crippen molar-refractivity contribution in [2.75, 3.05) is 19.7 Å². The Morgan fingerprint density at radius 1 is 1.07 bits per heavy atom. The minimum absolute atomic E-state index is 0.0280. The SMILES string of the molecule is NC[C@@H]1C[C@@H](OC(F)(F)F)CN1C(=O)OCC1c2ccccc2-c2ccccc21. The van der Waals surface area contributed by atoms with E-state index in [4.69, 9.17) is 10.5 Å². The lowest BCUT2D eigenvalue weighted by Gasteiger charge is -2.24. The van der Waals surface area contributed by atoms with Crippen LogP contribution in [0.2, 0.25) is 0 Å². The number of nitrogens with two attached hydrogens (primary N) is 1. The molecular formula is C21H21F3N2O3. The number of amides is 1. The third-order valence-corrected chi connectivity index (χ3v) is 5.52. The van der Waals surface area contributed by atoms with Crippen LogP contribution in [0, 0.1) is 0 Å². The highest BCUT2D eigenvalue weighted by molar-refractivity contribution is 5.79. The molecule has 1 heterocycles. The fourth-order valence-corrected chi connectivity index (χ4v) is 4.27. The molecule has 0 saturated carbocycles. The fourth-order valence-electron chi connectivity index (χ4n) is 4.27. The molecule has 1 fully saturated rings. The highest BCUT2D eigenvalue weighted by Crippen LogP contribution is 2.44. The standard InChI is InChI=1S/C21H21F3N2O3/c22-21(23,24)29-14-9-13(10-25)26(11-14)20(27)28-12-19-17-7-3-1-5-15(17)16-6-2-4-8-18(16)19/h1-8,13-14,19H,9-12,25H2/t13-,14+/m0/s1. The van der Waals surface area contributed by atoms with Gasteiger partial charge in [-0.25, -0.2) is 4.79 Å². The minimum Gasteiger partial charge on any atom is -0.448 e. The molecule has 0 radical (unpaired) electrons. The molecule has 0 bridgehead atoms. The third-order valence-electron chi connectivity index (χ3n) is 5.52. The van der Waals surface area contributed by atoms with Crippen LogP contribution in [0.3, 0.4) is 0 Å². The van der Waals surface area contributed by atoms with Gasteiger partial charge in [-0.15, -0.1) is 13.2 Å². The van der Waals surface area contributed by atoms with Crippen LogP contribution < -0.4 is 5.73 Å². The maximum absolute atomic E-state index is 12.6. The van der Waals surface area contributed by atoms with Crippen molar-refractivity contribution >= 4 is 6.09 Å². The highest BCUT2D eigenvalue weighted by atomic mass is 19.4. The van der Waals surface area contributed by atoms with Gasteiger partial charge in [-0.2, -0.15) is 0 Å². The molecular weight excluding hydrogens is 385 g/mol. The normalized spacial score (nSPS) is 21.2. The molecule has 2 aliphatic rings. The molecule has 2 atom stereocenters. The number of hydrogen-bond donors (Lipinski definition) is 1. The van der Waals surface area contributed by atoms with Crippen LogP contribution in [0.5, 0.6) is 0 Å². The maximum Gasteiger partial charge on any atom is 0.522 e. The number of nitrogens with zero attached hydrogens (tertiary/aromatic N) is 1. The van der Waals surface area contributed by atoms with Gasteiger partial charge in [0.15, 0.2) is 0 Å². The lowest BCUT2D eigenvalue weighted by molar-refractivity contribution is -0.340. The van der Waals surface area contributed by atoms with Crippen LogP contribution in [-0.2, 0) is 9.47 Å². The first-order chi connectivity index (χ1) is 13.9. The molecule has 1 aliphatic carbocycles. The molecule has 0 spiro atoms. The van der Waals surface area contributed by atoms with E-state index in [0.29, 0.717) is 0 Å². The fraction of sp³-hybridized carbons (Fsp3) is 0.381. The van der Waals surface area contributed by atoms with Gasteiger partial charge in [-0.1, -0.05) is 48.5 Å². The van der Waals surface area contributed by atoms with E-state index in [2.05, 4.69) is 4.74 Å². The Kier molecular flexibility index (Phi) is 5.23. The van der Waals surface area contributed by atoms with Gasteiger partial charge in [0.05, 0.1) is 12.6 Å². The predicted octanol–water partition coefficient (Wildman–Crippen LogP) is 3.87. The van der Waals surface area contributed by atoms with E-state index >= 15 is 0 Å². The van der Waals surface area contributed by atoms with Crippen molar-refractivity contribution in [1.29, 1.82) is 0 Å². The zero-order valence-corrected chi connectivity index (χ0v) is 15.6. The molecule has 4 rings (SSSR count). The molecule has 8 heteroatoms. The van der Waals surface area contributed by atoms with Crippen LogP contribution in [0.25, 0.3) is 11.1 Å². The zero-order valence-electron chi connectivity index (χ0n) is 15.6. The third kappa shape index (κ3) is 3.95. The van der Waals surface area contributed by atoms with Crippen molar-refractivity contribution in [3.05, 3.63) is 59.7 Å². The number of likely N-dealkylation sites (tertiary alicyclic amines) is 1. The van der Waals surface area contributed by atoms with Crippen molar-refractivity contribution in [2.24, 2.45) is 5.73 Å². The maximum atomic E-state index is 12.6. The molecule has 29 heavy (non-hydrogen) atoms. The monoisotopic (exact) mass is 406 g/mol. The van der Waals surface area contributed by atoms with Crippen molar-refractivity contribution < 1.29 is 27.4 Å². The van der Waals surface area contributed by atoms with Gasteiger partial charge in [0.25, 0.3) is 0 Å². The zero-order chi connectivity index (χ0) is 20.6. The van der Waals surface area contributed by atoms with Crippen LogP contribution in [0.1, 0.15) is 23.5 Å². The quantitative estimate of drug-likeness (QED) is 0.837. The topological polar surface area (TPSA) is 64.8 Å². The summed E-state index contributed by atoms with van der Waals surface area (Å²) < 4.78 is 47.1. The summed E-state index contributed by atoms with van der Waals surface area (Å²) in [5.74, 6) is -0.118.